The number of ether oxygens (including phenoxy) is 1. The van der Waals surface area contributed by atoms with Crippen LogP contribution in [0.2, 0.25) is 0 Å². The van der Waals surface area contributed by atoms with Crippen LogP contribution in [-0.4, -0.2) is 58.9 Å². The van der Waals surface area contributed by atoms with E-state index in [1.165, 1.54) is 0 Å². The first-order valence-corrected chi connectivity index (χ1v) is 15.3. The number of amidine groups is 1. The van der Waals surface area contributed by atoms with Crippen molar-refractivity contribution in [1.82, 2.24) is 10.2 Å². The molecule has 2 amide bonds. The van der Waals surface area contributed by atoms with Gasteiger partial charge in [0.15, 0.2) is 0 Å². The van der Waals surface area contributed by atoms with Gasteiger partial charge in [0.2, 0.25) is 5.91 Å². The molecule has 1 saturated heterocycles. The minimum Gasteiger partial charge on any atom is -0.542 e. The van der Waals surface area contributed by atoms with Gasteiger partial charge in [-0.15, -0.1) is 0 Å². The lowest BCUT2D eigenvalue weighted by atomic mass is 9.78. The number of nitrogens with one attached hydrogen (secondary N) is 1. The number of amides is 2. The summed E-state index contributed by atoms with van der Waals surface area (Å²) >= 11 is 0. The van der Waals surface area contributed by atoms with Gasteiger partial charge in [-0.2, -0.15) is 13.2 Å². The molecule has 0 aliphatic carbocycles. The first-order valence-electron chi connectivity index (χ1n) is 15.3. The Kier molecular flexibility index (Phi) is 12.9. The number of halogens is 3. The molecule has 1 aliphatic rings. The molecule has 1 unspecified atom stereocenters. The monoisotopic (exact) mass is 684 g/mol. The van der Waals surface area contributed by atoms with Crippen molar-refractivity contribution in [3.05, 3.63) is 101 Å². The average Bonchev–Trinajstić information content (AvgIpc) is 3.06. The van der Waals surface area contributed by atoms with Gasteiger partial charge in [-0.1, -0.05) is 42.5 Å². The number of benzene rings is 3. The van der Waals surface area contributed by atoms with Crippen molar-refractivity contribution in [1.29, 1.82) is 0 Å². The molecule has 14 heteroatoms. The van der Waals surface area contributed by atoms with E-state index in [0.717, 1.165) is 11.1 Å². The number of rotatable bonds is 11. The van der Waals surface area contributed by atoms with Crippen LogP contribution in [0.25, 0.3) is 0 Å². The van der Waals surface area contributed by atoms with E-state index in [-0.39, 0.29) is 30.0 Å². The smallest absolute Gasteiger partial charge is 0.430 e. The van der Waals surface area contributed by atoms with Gasteiger partial charge in [0.05, 0.1) is 17.0 Å². The van der Waals surface area contributed by atoms with Crippen molar-refractivity contribution in [2.45, 2.75) is 51.9 Å². The summed E-state index contributed by atoms with van der Waals surface area (Å²) in [7, 11) is 0. The van der Waals surface area contributed by atoms with Crippen molar-refractivity contribution >= 4 is 29.6 Å². The van der Waals surface area contributed by atoms with Crippen molar-refractivity contribution < 1.29 is 52.7 Å². The molecule has 0 aromatic heterocycles. The van der Waals surface area contributed by atoms with E-state index >= 15 is 0 Å². The lowest BCUT2D eigenvalue weighted by molar-refractivity contribution is -0.344. The van der Waals surface area contributed by atoms with Gasteiger partial charge in [-0.05, 0) is 80.1 Å². The van der Waals surface area contributed by atoms with Crippen LogP contribution in [0.1, 0.15) is 66.2 Å². The van der Waals surface area contributed by atoms with Crippen LogP contribution < -0.4 is 26.3 Å². The molecule has 0 spiro atoms. The molecule has 0 radical (unpaired) electrons. The lowest BCUT2D eigenvalue weighted by Gasteiger charge is -2.40. The number of nitrogens with two attached hydrogens (primary N) is 2. The molecule has 1 atom stereocenters. The number of carbonyl (C=O) groups is 4. The fraction of sp³-hybridized carbons (Fsp3) is 0.343. The van der Waals surface area contributed by atoms with E-state index < -0.39 is 29.6 Å². The number of likely N-dealkylation sites (tertiary alicyclic amines) is 1. The second-order valence-electron chi connectivity index (χ2n) is 12.1. The summed E-state index contributed by atoms with van der Waals surface area (Å²) in [5.41, 5.74) is 7.48. The second-order valence-corrected chi connectivity index (χ2v) is 12.1. The molecule has 3 aromatic carbocycles. The van der Waals surface area contributed by atoms with E-state index in [0.29, 0.717) is 49.4 Å². The number of nitrogens with zero attached hydrogens (tertiary/aromatic N) is 1. The number of hydrogen-bond donors (Lipinski definition) is 4. The molecular formula is C35H39F3N4O7. The Balaban J connectivity index is 0.000000838. The maximum Gasteiger partial charge on any atom is 0.430 e. The number of carboxylic acids is 2. The second kappa shape index (κ2) is 16.6. The van der Waals surface area contributed by atoms with Crippen LogP contribution in [0.5, 0.6) is 5.75 Å². The minimum absolute atomic E-state index is 0.0522. The molecule has 1 heterocycles. The van der Waals surface area contributed by atoms with Gasteiger partial charge >= 0.3 is 12.1 Å². The van der Waals surface area contributed by atoms with E-state index in [2.05, 4.69) is 5.32 Å². The van der Waals surface area contributed by atoms with Crippen molar-refractivity contribution in [3.8, 4) is 5.75 Å². The number of alkyl halides is 3. The predicted molar refractivity (Wildman–Crippen MR) is 170 cm³/mol. The van der Waals surface area contributed by atoms with Crippen molar-refractivity contribution in [2.75, 3.05) is 13.1 Å². The van der Waals surface area contributed by atoms with E-state index in [4.69, 9.17) is 30.9 Å². The quantitative estimate of drug-likeness (QED) is 0.175. The summed E-state index contributed by atoms with van der Waals surface area (Å²) in [5.74, 6) is -3.39. The molecule has 0 bridgehead atoms. The molecule has 262 valence electrons. The van der Waals surface area contributed by atoms with Crippen LogP contribution in [0.4, 0.5) is 13.2 Å². The summed E-state index contributed by atoms with van der Waals surface area (Å²) in [5, 5.41) is 26.7. The Morgan fingerprint density at radius 2 is 1.49 bits per heavy atom. The molecule has 1 fully saturated rings. The lowest BCUT2D eigenvalue weighted by Crippen LogP contribution is -2.51. The van der Waals surface area contributed by atoms with Crippen molar-refractivity contribution in [3.63, 3.8) is 0 Å². The third kappa shape index (κ3) is 11.1. The van der Waals surface area contributed by atoms with Gasteiger partial charge < -0.3 is 30.0 Å². The maximum absolute atomic E-state index is 13.9. The highest BCUT2D eigenvalue weighted by atomic mass is 19.4. The number of aliphatic carboxylic acids is 2. The summed E-state index contributed by atoms with van der Waals surface area (Å²) in [6.45, 7) is 5.04. The molecule has 11 nitrogen and oxygen atoms in total. The summed E-state index contributed by atoms with van der Waals surface area (Å²) in [4.78, 5) is 49.1. The Bertz CT molecular complexity index is 1600. The molecule has 49 heavy (non-hydrogen) atoms. The van der Waals surface area contributed by atoms with Crippen LogP contribution in [0.15, 0.2) is 78.9 Å². The Morgan fingerprint density at radius 3 is 1.98 bits per heavy atom. The standard InChI is InChI=1S/C33H38N4O5.C2HF3O2/c1-33(2,32(41)37-18-16-22(17-19-37)20-28(38)39)29(36-31(40)26-10-8-25(9-11-26)30(34)35)24-12-14-27(15-13-24)42-21-23-6-4-3-5-7-23;3-2(4,5)1(6)7/h3-15,22,29H,16-21H2,1-2H3,(H3,34,35)(H,36,40)(H,38,39);(H,6,7). The van der Waals surface area contributed by atoms with Gasteiger partial charge in [0.1, 0.15) is 18.3 Å². The summed E-state index contributed by atoms with van der Waals surface area (Å²) < 4.78 is 37.5. The Morgan fingerprint density at radius 1 is 0.959 bits per heavy atom. The van der Waals surface area contributed by atoms with Gasteiger partial charge in [0, 0.05) is 25.1 Å². The fourth-order valence-electron chi connectivity index (χ4n) is 5.32. The molecule has 3 aromatic rings. The topological polar surface area (TPSA) is 188 Å². The number of hydrogen-bond acceptors (Lipinski definition) is 6. The molecule has 4 rings (SSSR count). The van der Waals surface area contributed by atoms with Crippen LogP contribution in [0.3, 0.4) is 0 Å². The molecule has 6 N–H and O–H groups in total. The average molecular weight is 685 g/mol. The first kappa shape index (κ1) is 38.1. The maximum atomic E-state index is 13.9. The zero-order chi connectivity index (χ0) is 36.4. The van der Waals surface area contributed by atoms with Gasteiger partial charge in [-0.25, -0.2) is 0 Å². The number of piperidine rings is 1. The number of carbonyl (C=O) groups excluding carboxylic acids is 3. The Labute approximate surface area is 281 Å². The highest BCUT2D eigenvalue weighted by Gasteiger charge is 2.42. The molecule has 1 aliphatic heterocycles. The summed E-state index contributed by atoms with van der Waals surface area (Å²) in [6, 6.07) is 23.2. The largest absolute Gasteiger partial charge is 0.542 e. The van der Waals surface area contributed by atoms with Crippen LogP contribution >= 0.6 is 0 Å². The SMILES string of the molecule is CC(C)(C(=O)N1CCC(CC(=O)O)CC1)C(NC(=O)c1ccc(C(N)=[NH2+])cc1)c1ccc(OCc2ccccc2)cc1.O=C([O-])C(F)(F)F. The highest BCUT2D eigenvalue weighted by molar-refractivity contribution is 5.97. The van der Waals surface area contributed by atoms with Gasteiger partial charge in [0.25, 0.3) is 11.7 Å². The van der Waals surface area contributed by atoms with E-state index in [1.54, 1.807) is 29.2 Å². The molecule has 0 saturated carbocycles. The minimum atomic E-state index is -5.19. The Hall–Kier alpha value is -5.40. The van der Waals surface area contributed by atoms with Crippen LogP contribution in [-0.2, 0) is 21.0 Å². The van der Waals surface area contributed by atoms with Crippen molar-refractivity contribution in [2.24, 2.45) is 17.1 Å². The van der Waals surface area contributed by atoms with E-state index in [9.17, 15) is 27.6 Å². The predicted octanol–water partition coefficient (Wildman–Crippen LogP) is 2.24. The third-order valence-electron chi connectivity index (χ3n) is 8.09. The summed E-state index contributed by atoms with van der Waals surface area (Å²) in [6.07, 6.45) is -3.83. The molecular weight excluding hydrogens is 645 g/mol. The highest BCUT2D eigenvalue weighted by Crippen LogP contribution is 2.37. The normalized spacial score (nSPS) is 14.1. The number of carboxylic acid groups (broad SMARTS) is 2. The first-order chi connectivity index (χ1) is 23.0. The zero-order valence-electron chi connectivity index (χ0n) is 27.0. The zero-order valence-corrected chi connectivity index (χ0v) is 27.0. The third-order valence-corrected chi connectivity index (χ3v) is 8.09. The van der Waals surface area contributed by atoms with Gasteiger partial charge in [-0.3, -0.25) is 25.5 Å². The fourth-order valence-corrected chi connectivity index (χ4v) is 5.32. The van der Waals surface area contributed by atoms with Crippen LogP contribution in [0, 0.1) is 11.3 Å². The van der Waals surface area contributed by atoms with E-state index in [1.807, 2.05) is 68.4 Å².